The van der Waals surface area contributed by atoms with Gasteiger partial charge < -0.3 is 17.0 Å². The number of nitrogens with one attached hydrogen (secondary N) is 1. The minimum absolute atomic E-state index is 0. The summed E-state index contributed by atoms with van der Waals surface area (Å²) >= 11 is 0. The summed E-state index contributed by atoms with van der Waals surface area (Å²) < 4.78 is 0. The van der Waals surface area contributed by atoms with E-state index in [-0.39, 0.29) is 35.8 Å². The van der Waals surface area contributed by atoms with Gasteiger partial charge in [-0.15, -0.1) is 0 Å². The van der Waals surface area contributed by atoms with Crippen molar-refractivity contribution in [1.29, 1.82) is 0 Å². The number of hydrogen-bond donors (Lipinski definition) is 1. The predicted octanol–water partition coefficient (Wildman–Crippen LogP) is -7.71. The molecule has 0 radical (unpaired) electrons. The number of nitrogens with zero attached hydrogens (tertiary/aromatic N) is 1. The van der Waals surface area contributed by atoms with Gasteiger partial charge in [-0.3, -0.25) is 0 Å². The molecular formula is C3H7BrLiN2+. The summed E-state index contributed by atoms with van der Waals surface area (Å²) in [6, 6.07) is 0. The summed E-state index contributed by atoms with van der Waals surface area (Å²) in [5, 5.41) is 6.33. The Hall–Kier alpha value is 0.367. The van der Waals surface area contributed by atoms with E-state index in [2.05, 4.69) is 6.19 Å². The van der Waals surface area contributed by atoms with Gasteiger partial charge in [0.15, 0.2) is 0 Å². The molecule has 4 heteroatoms. The molecule has 0 aliphatic carbocycles. The molecule has 0 heterocycles. The number of hydrogen-bond acceptors (Lipinski definition) is 1. The molecule has 0 unspecified atom stereocenters. The summed E-state index contributed by atoms with van der Waals surface area (Å²) in [7, 11) is 3.51. The molecule has 36 valence electrons. The number of halogens is 1. The molecule has 2 nitrogen and oxygen atoms in total. The van der Waals surface area contributed by atoms with Crippen molar-refractivity contribution in [1.82, 2.24) is 4.90 Å². The molecule has 1 N–H and O–H groups in total. The van der Waals surface area contributed by atoms with Gasteiger partial charge in [-0.2, -0.15) is 0 Å². The average Bonchev–Trinajstić information content (AvgIpc) is 1.38. The zero-order valence-electron chi connectivity index (χ0n) is 4.83. The van der Waals surface area contributed by atoms with Crippen LogP contribution in [-0.4, -0.2) is 19.0 Å². The minimum Gasteiger partial charge on any atom is -1.00 e. The Morgan fingerprint density at radius 3 is 1.57 bits per heavy atom. The van der Waals surface area contributed by atoms with Crippen LogP contribution in [0, 0.1) is 6.19 Å². The maximum Gasteiger partial charge on any atom is 1.00 e. The fraction of sp³-hybridized carbons (Fsp3) is 0.667. The van der Waals surface area contributed by atoms with Gasteiger partial charge in [0.2, 0.25) is 0 Å². The summed E-state index contributed by atoms with van der Waals surface area (Å²) in [6.45, 7) is 0. The van der Waals surface area contributed by atoms with Crippen LogP contribution in [0.5, 0.6) is 0 Å². The van der Waals surface area contributed by atoms with Crippen LogP contribution in [0.2, 0.25) is 0 Å². The van der Waals surface area contributed by atoms with Crippen molar-refractivity contribution in [3.63, 3.8) is 0 Å². The minimum atomic E-state index is 0. The first-order valence-corrected chi connectivity index (χ1v) is 1.37. The van der Waals surface area contributed by atoms with E-state index in [1.54, 1.807) is 19.0 Å². The van der Waals surface area contributed by atoms with E-state index in [9.17, 15) is 0 Å². The van der Waals surface area contributed by atoms with Crippen molar-refractivity contribution in [2.24, 2.45) is 0 Å². The van der Waals surface area contributed by atoms with Crippen LogP contribution in [0.4, 0.5) is 0 Å². The molecule has 0 saturated carbocycles. The molecule has 0 atom stereocenters. The van der Waals surface area contributed by atoms with Crippen LogP contribution in [0.25, 0.3) is 0 Å². The molecule has 0 aliphatic heterocycles. The van der Waals surface area contributed by atoms with Gasteiger partial charge in [0.1, 0.15) is 0 Å². The Balaban J connectivity index is -0.0000000800. The molecule has 0 amide bonds. The fourth-order valence-corrected chi connectivity index (χ4v) is 0. The smallest absolute Gasteiger partial charge is 1.00 e. The maximum absolute atomic E-state index is 6.33. The second kappa shape index (κ2) is 9.62. The van der Waals surface area contributed by atoms with Crippen molar-refractivity contribution in [3.05, 3.63) is 0 Å². The third-order valence-electron chi connectivity index (χ3n) is 0.224. The van der Waals surface area contributed by atoms with Gasteiger partial charge in [0, 0.05) is 0 Å². The zero-order valence-corrected chi connectivity index (χ0v) is 6.41. The Labute approximate surface area is 66.4 Å². The van der Waals surface area contributed by atoms with E-state index in [0.717, 1.165) is 0 Å². The molecule has 0 spiro atoms. The van der Waals surface area contributed by atoms with Crippen molar-refractivity contribution in [2.75, 3.05) is 14.1 Å². The van der Waals surface area contributed by atoms with Crippen LogP contribution in [-0.2, 0) is 0 Å². The third kappa shape index (κ3) is 21.7. The SMILES string of the molecule is CN(C)C#[NH+].[Br-].[Li+]. The maximum atomic E-state index is 6.33. The second-order valence-corrected chi connectivity index (χ2v) is 1.01. The molecule has 0 bridgehead atoms. The van der Waals surface area contributed by atoms with E-state index < -0.39 is 0 Å². The van der Waals surface area contributed by atoms with Gasteiger partial charge in [-0.25, -0.2) is 10.2 Å². The molecule has 0 saturated heterocycles. The van der Waals surface area contributed by atoms with Crippen LogP contribution in [0.1, 0.15) is 0 Å². The van der Waals surface area contributed by atoms with Crippen molar-refractivity contribution >= 4 is 0 Å². The summed E-state index contributed by atoms with van der Waals surface area (Å²) in [4.78, 5) is 1.54. The quantitative estimate of drug-likeness (QED) is 0.211. The van der Waals surface area contributed by atoms with E-state index >= 15 is 0 Å². The van der Waals surface area contributed by atoms with Crippen LogP contribution in [0.3, 0.4) is 0 Å². The van der Waals surface area contributed by atoms with E-state index in [1.807, 2.05) is 0 Å². The zero-order chi connectivity index (χ0) is 4.28. The first-order valence-electron chi connectivity index (χ1n) is 1.37. The molecule has 0 rings (SSSR count). The van der Waals surface area contributed by atoms with Gasteiger partial charge in [-0.05, 0) is 0 Å². The standard InChI is InChI=1S/C3H6N2.BrH.Li/c1-5(2)3-4;;/h1-2H3;1H;/q;;+1. The summed E-state index contributed by atoms with van der Waals surface area (Å²) in [6.07, 6.45) is 2.11. The van der Waals surface area contributed by atoms with Gasteiger partial charge >= 0.3 is 25.1 Å². The Bertz CT molecular complexity index is 58.4. The Morgan fingerprint density at radius 2 is 1.57 bits per heavy atom. The fourth-order valence-electron chi connectivity index (χ4n) is 0. The predicted molar refractivity (Wildman–Crippen MR) is 18.5 cm³/mol. The Kier molecular flexibility index (Phi) is 21.5. The first kappa shape index (κ1) is 15.7. The summed E-state index contributed by atoms with van der Waals surface area (Å²) in [5.41, 5.74) is 0. The molecule has 0 aliphatic rings. The molecular weight excluding hydrogens is 151 g/mol. The third-order valence-corrected chi connectivity index (χ3v) is 0.224. The van der Waals surface area contributed by atoms with E-state index in [1.165, 1.54) is 0 Å². The molecule has 7 heavy (non-hydrogen) atoms. The van der Waals surface area contributed by atoms with E-state index in [4.69, 9.17) is 5.26 Å². The van der Waals surface area contributed by atoms with Crippen LogP contribution >= 0.6 is 0 Å². The normalized spacial score (nSPS) is 4.14. The topological polar surface area (TPSA) is 27.0 Å². The second-order valence-electron chi connectivity index (χ2n) is 1.01. The van der Waals surface area contributed by atoms with Crippen LogP contribution in [0.15, 0.2) is 0 Å². The van der Waals surface area contributed by atoms with Crippen LogP contribution < -0.4 is 41.1 Å². The Morgan fingerprint density at radius 1 is 1.43 bits per heavy atom. The summed E-state index contributed by atoms with van der Waals surface area (Å²) in [5.74, 6) is 0. The van der Waals surface area contributed by atoms with E-state index in [0.29, 0.717) is 0 Å². The average molecular weight is 158 g/mol. The first-order chi connectivity index (χ1) is 2.27. The van der Waals surface area contributed by atoms with Gasteiger partial charge in [-0.1, -0.05) is 0 Å². The molecule has 0 aromatic carbocycles. The molecule has 0 aromatic heterocycles. The largest absolute Gasteiger partial charge is 1.00 e. The van der Waals surface area contributed by atoms with Gasteiger partial charge in [0.25, 0.3) is 0 Å². The van der Waals surface area contributed by atoms with Crippen molar-refractivity contribution < 1.29 is 41.1 Å². The molecule has 0 fully saturated rings. The van der Waals surface area contributed by atoms with Crippen molar-refractivity contribution in [3.8, 4) is 6.19 Å². The monoisotopic (exact) mass is 157 g/mol. The number of rotatable bonds is 0. The van der Waals surface area contributed by atoms with Crippen molar-refractivity contribution in [2.45, 2.75) is 0 Å². The molecule has 0 aromatic rings. The van der Waals surface area contributed by atoms with Gasteiger partial charge in [0.05, 0.1) is 14.1 Å².